The number of ether oxygens (including phenoxy) is 2. The highest BCUT2D eigenvalue weighted by Gasteiger charge is 2.18. The van der Waals surface area contributed by atoms with E-state index in [1.54, 1.807) is 29.8 Å². The van der Waals surface area contributed by atoms with Gasteiger partial charge in [-0.25, -0.2) is 0 Å². The average Bonchev–Trinajstić information content (AvgIpc) is 2.80. The number of halogens is 1. The molecule has 0 bridgehead atoms. The Kier molecular flexibility index (Phi) is 7.03. The molecule has 0 saturated heterocycles. The summed E-state index contributed by atoms with van der Waals surface area (Å²) in [5.74, 6) is 0.319. The quantitative estimate of drug-likeness (QED) is 0.311. The number of hydrogen-bond acceptors (Lipinski definition) is 4. The predicted molar refractivity (Wildman–Crippen MR) is 135 cm³/mol. The van der Waals surface area contributed by atoms with Crippen LogP contribution in [0.25, 0.3) is 21.9 Å². The SMILES string of the molecule is CC(C)Oc1cccc(CC(=O)OCc2c(-c3ccccc3)c3cc(Cl)ccc3c(=O)n2C)c1. The molecule has 4 aromatic rings. The Morgan fingerprint density at radius 1 is 0.971 bits per heavy atom. The van der Waals surface area contributed by atoms with Gasteiger partial charge in [0.15, 0.2) is 0 Å². The third kappa shape index (κ3) is 5.15. The van der Waals surface area contributed by atoms with E-state index in [0.29, 0.717) is 21.9 Å². The Bertz CT molecular complexity index is 1390. The topological polar surface area (TPSA) is 57.5 Å². The summed E-state index contributed by atoms with van der Waals surface area (Å²) in [5, 5.41) is 1.82. The van der Waals surface area contributed by atoms with Crippen LogP contribution in [0.5, 0.6) is 5.75 Å². The van der Waals surface area contributed by atoms with Gasteiger partial charge in [0, 0.05) is 23.0 Å². The molecule has 0 aliphatic rings. The number of aromatic nitrogens is 1. The fourth-order valence-electron chi connectivity index (χ4n) is 4.00. The van der Waals surface area contributed by atoms with Gasteiger partial charge in [-0.1, -0.05) is 54.1 Å². The van der Waals surface area contributed by atoms with Crippen LogP contribution >= 0.6 is 11.6 Å². The first-order valence-corrected chi connectivity index (χ1v) is 11.5. The number of fused-ring (bicyclic) bond motifs is 1. The van der Waals surface area contributed by atoms with E-state index in [1.165, 1.54) is 0 Å². The van der Waals surface area contributed by atoms with Gasteiger partial charge in [0.05, 0.1) is 18.2 Å². The van der Waals surface area contributed by atoms with Crippen LogP contribution in [0.1, 0.15) is 25.1 Å². The molecule has 0 saturated carbocycles. The van der Waals surface area contributed by atoms with Gasteiger partial charge in [-0.05, 0) is 60.7 Å². The Hall–Kier alpha value is -3.57. The number of carbonyl (C=O) groups is 1. The second-order valence-electron chi connectivity index (χ2n) is 8.39. The highest BCUT2D eigenvalue weighted by molar-refractivity contribution is 6.31. The van der Waals surface area contributed by atoms with Crippen LogP contribution in [0, 0.1) is 0 Å². The normalized spacial score (nSPS) is 11.1. The molecule has 3 aromatic carbocycles. The first-order valence-electron chi connectivity index (χ1n) is 11.1. The van der Waals surface area contributed by atoms with Crippen molar-refractivity contribution in [3.8, 4) is 16.9 Å². The van der Waals surface area contributed by atoms with E-state index in [4.69, 9.17) is 21.1 Å². The number of hydrogen-bond donors (Lipinski definition) is 0. The number of rotatable bonds is 7. The molecule has 5 nitrogen and oxygen atoms in total. The van der Waals surface area contributed by atoms with Crippen molar-refractivity contribution in [2.45, 2.75) is 33.0 Å². The zero-order chi connectivity index (χ0) is 24.2. The Morgan fingerprint density at radius 3 is 2.47 bits per heavy atom. The standard InChI is InChI=1S/C28H26ClNO4/c1-18(2)34-22-11-7-8-19(14-22)15-26(31)33-17-25-27(20-9-5-4-6-10-20)24-16-21(29)12-13-23(24)28(32)30(25)3/h4-14,16,18H,15,17H2,1-3H3. The molecule has 174 valence electrons. The monoisotopic (exact) mass is 475 g/mol. The van der Waals surface area contributed by atoms with Crippen LogP contribution in [0.2, 0.25) is 5.02 Å². The van der Waals surface area contributed by atoms with Crippen molar-refractivity contribution in [2.24, 2.45) is 7.05 Å². The third-order valence-corrected chi connectivity index (χ3v) is 5.77. The molecule has 4 rings (SSSR count). The van der Waals surface area contributed by atoms with Crippen molar-refractivity contribution >= 4 is 28.3 Å². The predicted octanol–water partition coefficient (Wildman–Crippen LogP) is 5.93. The summed E-state index contributed by atoms with van der Waals surface area (Å²) in [7, 11) is 1.69. The smallest absolute Gasteiger partial charge is 0.310 e. The second kappa shape index (κ2) is 10.1. The van der Waals surface area contributed by atoms with Crippen molar-refractivity contribution in [1.29, 1.82) is 0 Å². The van der Waals surface area contributed by atoms with Gasteiger partial charge >= 0.3 is 5.97 Å². The van der Waals surface area contributed by atoms with Crippen molar-refractivity contribution in [1.82, 2.24) is 4.57 Å². The minimum Gasteiger partial charge on any atom is -0.491 e. The van der Waals surface area contributed by atoms with Crippen LogP contribution in [0.15, 0.2) is 77.6 Å². The Balaban J connectivity index is 1.66. The minimum absolute atomic E-state index is 0.0422. The highest BCUT2D eigenvalue weighted by Crippen LogP contribution is 2.32. The first-order chi connectivity index (χ1) is 16.3. The molecule has 0 aliphatic carbocycles. The third-order valence-electron chi connectivity index (χ3n) is 5.53. The van der Waals surface area contributed by atoms with Gasteiger partial charge < -0.3 is 14.0 Å². The first kappa shape index (κ1) is 23.6. The second-order valence-corrected chi connectivity index (χ2v) is 8.83. The van der Waals surface area contributed by atoms with Crippen molar-refractivity contribution in [3.63, 3.8) is 0 Å². The summed E-state index contributed by atoms with van der Waals surface area (Å²) in [6.07, 6.45) is 0.143. The van der Waals surface area contributed by atoms with Gasteiger partial charge in [0.1, 0.15) is 12.4 Å². The molecule has 6 heteroatoms. The lowest BCUT2D eigenvalue weighted by atomic mass is 9.97. The van der Waals surface area contributed by atoms with Gasteiger partial charge in [-0.15, -0.1) is 0 Å². The molecule has 1 heterocycles. The van der Waals surface area contributed by atoms with E-state index in [9.17, 15) is 9.59 Å². The molecule has 0 N–H and O–H groups in total. The molecule has 0 spiro atoms. The minimum atomic E-state index is -0.389. The summed E-state index contributed by atoms with van der Waals surface area (Å²) in [6.45, 7) is 3.86. The lowest BCUT2D eigenvalue weighted by molar-refractivity contribution is -0.144. The summed E-state index contributed by atoms with van der Waals surface area (Å²) in [5.41, 5.74) is 2.97. The molecule has 34 heavy (non-hydrogen) atoms. The molecule has 0 atom stereocenters. The lowest BCUT2D eigenvalue weighted by Crippen LogP contribution is -2.23. The maximum Gasteiger partial charge on any atom is 0.310 e. The largest absolute Gasteiger partial charge is 0.491 e. The molecule has 0 aliphatic heterocycles. The van der Waals surface area contributed by atoms with Crippen LogP contribution in [0.4, 0.5) is 0 Å². The van der Waals surface area contributed by atoms with Crippen LogP contribution in [-0.2, 0) is 29.6 Å². The lowest BCUT2D eigenvalue weighted by Gasteiger charge is -2.18. The van der Waals surface area contributed by atoms with Crippen molar-refractivity contribution in [2.75, 3.05) is 0 Å². The fraction of sp³-hybridized carbons (Fsp3) is 0.214. The van der Waals surface area contributed by atoms with Crippen LogP contribution < -0.4 is 10.3 Å². The molecule has 0 unspecified atom stereocenters. The summed E-state index contributed by atoms with van der Waals surface area (Å²) >= 11 is 6.28. The number of pyridine rings is 1. The van der Waals surface area contributed by atoms with Crippen molar-refractivity contribution in [3.05, 3.63) is 99.4 Å². The van der Waals surface area contributed by atoms with E-state index in [1.807, 2.05) is 68.4 Å². The van der Waals surface area contributed by atoms with E-state index >= 15 is 0 Å². The van der Waals surface area contributed by atoms with E-state index in [0.717, 1.165) is 22.1 Å². The van der Waals surface area contributed by atoms with Crippen LogP contribution in [0.3, 0.4) is 0 Å². The van der Waals surface area contributed by atoms with Gasteiger partial charge in [0.25, 0.3) is 5.56 Å². The molecule has 0 amide bonds. The molecular formula is C28H26ClNO4. The molecule has 0 radical (unpaired) electrons. The van der Waals surface area contributed by atoms with Crippen LogP contribution in [-0.4, -0.2) is 16.6 Å². The molecule has 0 fully saturated rings. The summed E-state index contributed by atoms with van der Waals surface area (Å²) in [4.78, 5) is 25.8. The Labute approximate surface area is 203 Å². The zero-order valence-corrected chi connectivity index (χ0v) is 20.1. The number of benzene rings is 3. The van der Waals surface area contributed by atoms with Crippen molar-refractivity contribution < 1.29 is 14.3 Å². The summed E-state index contributed by atoms with van der Waals surface area (Å²) in [6, 6.07) is 22.3. The average molecular weight is 476 g/mol. The van der Waals surface area contributed by atoms with Gasteiger partial charge in [-0.2, -0.15) is 0 Å². The number of carbonyl (C=O) groups excluding carboxylic acids is 1. The maximum absolute atomic E-state index is 13.1. The van der Waals surface area contributed by atoms with E-state index < -0.39 is 0 Å². The molecule has 1 aromatic heterocycles. The van der Waals surface area contributed by atoms with E-state index in [2.05, 4.69) is 0 Å². The maximum atomic E-state index is 13.1. The number of nitrogens with zero attached hydrogens (tertiary/aromatic N) is 1. The van der Waals surface area contributed by atoms with Gasteiger partial charge in [-0.3, -0.25) is 9.59 Å². The highest BCUT2D eigenvalue weighted by atomic mass is 35.5. The zero-order valence-electron chi connectivity index (χ0n) is 19.4. The summed E-state index contributed by atoms with van der Waals surface area (Å²) < 4.78 is 12.9. The molecular weight excluding hydrogens is 450 g/mol. The fourth-order valence-corrected chi connectivity index (χ4v) is 4.17. The van der Waals surface area contributed by atoms with E-state index in [-0.39, 0.29) is 30.7 Å². The Morgan fingerprint density at radius 2 is 1.74 bits per heavy atom. The number of esters is 1. The van der Waals surface area contributed by atoms with Gasteiger partial charge in [0.2, 0.25) is 0 Å².